The Balaban J connectivity index is 1.57. The lowest BCUT2D eigenvalue weighted by Crippen LogP contribution is -2.55. The van der Waals surface area contributed by atoms with Gasteiger partial charge in [-0.2, -0.15) is 0 Å². The van der Waals surface area contributed by atoms with E-state index in [-0.39, 0.29) is 12.3 Å². The van der Waals surface area contributed by atoms with Crippen LogP contribution >= 0.6 is 0 Å². The van der Waals surface area contributed by atoms with E-state index < -0.39 is 17.8 Å². The van der Waals surface area contributed by atoms with Crippen LogP contribution in [0.2, 0.25) is 0 Å². The van der Waals surface area contributed by atoms with E-state index in [0.29, 0.717) is 36.8 Å². The Morgan fingerprint density at radius 2 is 1.87 bits per heavy atom. The fourth-order valence-electron chi connectivity index (χ4n) is 3.42. The number of nitrogens with zero attached hydrogens (tertiary/aromatic N) is 1. The second-order valence-electron chi connectivity index (χ2n) is 7.46. The highest BCUT2D eigenvalue weighted by atomic mass is 16.5. The number of amides is 1. The van der Waals surface area contributed by atoms with Crippen LogP contribution in [0.25, 0.3) is 0 Å². The molecule has 1 unspecified atom stereocenters. The number of aliphatic carboxylic acids is 1. The average Bonchev–Trinajstić information content (AvgIpc) is 2.70. The summed E-state index contributed by atoms with van der Waals surface area (Å²) in [5, 5.41) is 11.1. The summed E-state index contributed by atoms with van der Waals surface area (Å²) in [4.78, 5) is 25.6. The quantitative estimate of drug-likeness (QED) is 0.626. The number of ether oxygens (including phenoxy) is 3. The standard InChI is InChI=1S/C23H27NO6/c1-4-28-20(22(26)27)15-16-9-11-17(12-10-16)29-14-13-24-21(25)18-7-5-6-8-19(18)30-23(24,2)3/h5-12,20H,4,13-15H2,1-3H3,(H,26,27)/p-1. The molecule has 0 saturated heterocycles. The van der Waals surface area contributed by atoms with Gasteiger partial charge in [0, 0.05) is 13.0 Å². The zero-order chi connectivity index (χ0) is 21.7. The molecule has 1 atom stereocenters. The molecule has 1 aliphatic rings. The summed E-state index contributed by atoms with van der Waals surface area (Å²) in [5.41, 5.74) is 0.568. The molecular formula is C23H26NO6-. The predicted octanol–water partition coefficient (Wildman–Crippen LogP) is 2.03. The summed E-state index contributed by atoms with van der Waals surface area (Å²) in [6.45, 7) is 6.40. The second kappa shape index (κ2) is 9.17. The summed E-state index contributed by atoms with van der Waals surface area (Å²) in [6.07, 6.45) is -0.749. The number of rotatable bonds is 9. The summed E-state index contributed by atoms with van der Waals surface area (Å²) in [6, 6.07) is 14.3. The SMILES string of the molecule is CCOC(Cc1ccc(OCCN2C(=O)c3ccccc3OC2(C)C)cc1)C(=O)[O-]. The van der Waals surface area contributed by atoms with Crippen LogP contribution in [0.1, 0.15) is 36.7 Å². The first-order valence-corrected chi connectivity index (χ1v) is 9.96. The Labute approximate surface area is 176 Å². The Morgan fingerprint density at radius 3 is 2.53 bits per heavy atom. The van der Waals surface area contributed by atoms with Crippen molar-refractivity contribution >= 4 is 11.9 Å². The van der Waals surface area contributed by atoms with Gasteiger partial charge >= 0.3 is 0 Å². The normalized spacial score (nSPS) is 15.8. The average molecular weight is 412 g/mol. The molecule has 0 saturated carbocycles. The van der Waals surface area contributed by atoms with E-state index in [1.165, 1.54) is 0 Å². The Bertz CT molecular complexity index is 893. The van der Waals surface area contributed by atoms with Gasteiger partial charge in [-0.05, 0) is 50.6 Å². The first kappa shape index (κ1) is 21.6. The van der Waals surface area contributed by atoms with Gasteiger partial charge in [0.25, 0.3) is 5.91 Å². The third kappa shape index (κ3) is 4.91. The number of hydrogen-bond acceptors (Lipinski definition) is 6. The molecule has 2 aromatic carbocycles. The fraction of sp³-hybridized carbons (Fsp3) is 0.391. The van der Waals surface area contributed by atoms with Crippen molar-refractivity contribution in [3.63, 3.8) is 0 Å². The molecule has 2 aromatic rings. The van der Waals surface area contributed by atoms with Gasteiger partial charge in [0.2, 0.25) is 0 Å². The fourth-order valence-corrected chi connectivity index (χ4v) is 3.42. The number of fused-ring (bicyclic) bond motifs is 1. The van der Waals surface area contributed by atoms with Gasteiger partial charge in [-0.1, -0.05) is 24.3 Å². The number of carbonyl (C=O) groups excluding carboxylic acids is 2. The van der Waals surface area contributed by atoms with Crippen LogP contribution in [-0.2, 0) is 16.0 Å². The zero-order valence-electron chi connectivity index (χ0n) is 17.4. The van der Waals surface area contributed by atoms with Crippen LogP contribution in [0.3, 0.4) is 0 Å². The molecule has 0 fully saturated rings. The molecule has 30 heavy (non-hydrogen) atoms. The van der Waals surface area contributed by atoms with Crippen molar-refractivity contribution in [3.8, 4) is 11.5 Å². The van der Waals surface area contributed by atoms with Gasteiger partial charge in [0.15, 0.2) is 5.72 Å². The molecule has 7 heteroatoms. The lowest BCUT2D eigenvalue weighted by molar-refractivity contribution is -0.316. The highest BCUT2D eigenvalue weighted by Gasteiger charge is 2.39. The van der Waals surface area contributed by atoms with Crippen LogP contribution in [0.15, 0.2) is 48.5 Å². The Hall–Kier alpha value is -3.06. The van der Waals surface area contributed by atoms with Gasteiger partial charge in [-0.3, -0.25) is 9.69 Å². The lowest BCUT2D eigenvalue weighted by Gasteiger charge is -2.42. The van der Waals surface area contributed by atoms with Gasteiger partial charge < -0.3 is 24.1 Å². The van der Waals surface area contributed by atoms with E-state index in [4.69, 9.17) is 14.2 Å². The summed E-state index contributed by atoms with van der Waals surface area (Å²) in [7, 11) is 0. The van der Waals surface area contributed by atoms with E-state index >= 15 is 0 Å². The van der Waals surface area contributed by atoms with Crippen LogP contribution in [0.4, 0.5) is 0 Å². The Morgan fingerprint density at radius 1 is 1.17 bits per heavy atom. The maximum atomic E-state index is 12.9. The highest BCUT2D eigenvalue weighted by Crippen LogP contribution is 2.32. The van der Waals surface area contributed by atoms with Gasteiger partial charge in [-0.25, -0.2) is 0 Å². The van der Waals surface area contributed by atoms with E-state index in [0.717, 1.165) is 5.56 Å². The zero-order valence-corrected chi connectivity index (χ0v) is 17.4. The van der Waals surface area contributed by atoms with E-state index in [2.05, 4.69) is 0 Å². The van der Waals surface area contributed by atoms with Crippen molar-refractivity contribution in [2.75, 3.05) is 19.8 Å². The molecule has 0 N–H and O–H groups in total. The summed E-state index contributed by atoms with van der Waals surface area (Å²) >= 11 is 0. The number of carboxylic acids is 1. The molecule has 7 nitrogen and oxygen atoms in total. The van der Waals surface area contributed by atoms with Crippen molar-refractivity contribution in [2.24, 2.45) is 0 Å². The summed E-state index contributed by atoms with van der Waals surface area (Å²) in [5.74, 6) is -0.106. The third-order valence-electron chi connectivity index (χ3n) is 4.93. The van der Waals surface area contributed by atoms with Crippen LogP contribution in [-0.4, -0.2) is 48.4 Å². The molecule has 1 amide bonds. The van der Waals surface area contributed by atoms with Crippen molar-refractivity contribution in [2.45, 2.75) is 39.0 Å². The number of carbonyl (C=O) groups is 2. The molecule has 0 radical (unpaired) electrons. The smallest absolute Gasteiger partial charge is 0.260 e. The number of para-hydroxylation sites is 1. The van der Waals surface area contributed by atoms with Gasteiger partial charge in [-0.15, -0.1) is 0 Å². The molecule has 1 aliphatic heterocycles. The summed E-state index contributed by atoms with van der Waals surface area (Å²) < 4.78 is 16.9. The van der Waals surface area contributed by atoms with E-state index in [9.17, 15) is 14.7 Å². The van der Waals surface area contributed by atoms with Crippen LogP contribution < -0.4 is 14.6 Å². The van der Waals surface area contributed by atoms with Crippen molar-refractivity contribution in [1.82, 2.24) is 4.90 Å². The predicted molar refractivity (Wildman–Crippen MR) is 108 cm³/mol. The lowest BCUT2D eigenvalue weighted by atomic mass is 10.1. The maximum absolute atomic E-state index is 12.9. The highest BCUT2D eigenvalue weighted by molar-refractivity contribution is 5.98. The molecule has 160 valence electrons. The molecule has 0 aliphatic carbocycles. The first-order chi connectivity index (χ1) is 14.3. The van der Waals surface area contributed by atoms with Crippen molar-refractivity contribution in [1.29, 1.82) is 0 Å². The molecule has 1 heterocycles. The Kier molecular flexibility index (Phi) is 6.62. The second-order valence-corrected chi connectivity index (χ2v) is 7.46. The monoisotopic (exact) mass is 412 g/mol. The minimum absolute atomic E-state index is 0.0926. The molecule has 0 aromatic heterocycles. The third-order valence-corrected chi connectivity index (χ3v) is 4.93. The largest absolute Gasteiger partial charge is 0.547 e. The minimum Gasteiger partial charge on any atom is -0.547 e. The molecule has 0 bridgehead atoms. The van der Waals surface area contributed by atoms with Crippen molar-refractivity contribution < 1.29 is 28.9 Å². The number of hydrogen-bond donors (Lipinski definition) is 0. The van der Waals surface area contributed by atoms with E-state index in [1.54, 1.807) is 48.2 Å². The van der Waals surface area contributed by atoms with E-state index in [1.807, 2.05) is 26.0 Å². The maximum Gasteiger partial charge on any atom is 0.260 e. The van der Waals surface area contributed by atoms with Gasteiger partial charge in [0.05, 0.1) is 18.1 Å². The molecular weight excluding hydrogens is 386 g/mol. The number of carboxylic acid groups (broad SMARTS) is 1. The molecule has 3 rings (SSSR count). The first-order valence-electron chi connectivity index (χ1n) is 9.96. The van der Waals surface area contributed by atoms with Crippen molar-refractivity contribution in [3.05, 3.63) is 59.7 Å². The van der Waals surface area contributed by atoms with Crippen LogP contribution in [0.5, 0.6) is 11.5 Å². The number of benzene rings is 2. The van der Waals surface area contributed by atoms with Crippen LogP contribution in [0, 0.1) is 0 Å². The van der Waals surface area contributed by atoms with Gasteiger partial charge in [0.1, 0.15) is 24.2 Å². The minimum atomic E-state index is -1.23. The topological polar surface area (TPSA) is 88.1 Å². The molecule has 0 spiro atoms.